The van der Waals surface area contributed by atoms with Crippen LogP contribution in [0.25, 0.3) is 0 Å². The van der Waals surface area contributed by atoms with Gasteiger partial charge in [0.25, 0.3) is 0 Å². The first kappa shape index (κ1) is 12.0. The lowest BCUT2D eigenvalue weighted by Gasteiger charge is -2.05. The largest absolute Gasteiger partial charge is 0.315 e. The maximum absolute atomic E-state index is 13.0. The highest BCUT2D eigenvalue weighted by molar-refractivity contribution is 7.07. The zero-order chi connectivity index (χ0) is 12.3. The van der Waals surface area contributed by atoms with Crippen LogP contribution in [0.3, 0.4) is 0 Å². The van der Waals surface area contributed by atoms with Crippen LogP contribution in [0.5, 0.6) is 0 Å². The van der Waals surface area contributed by atoms with Crippen molar-refractivity contribution in [1.29, 1.82) is 0 Å². The molecule has 2 aromatic rings. The number of nitrogens with one attached hydrogen (secondary N) is 2. The third-order valence-corrected chi connectivity index (χ3v) is 3.16. The number of halogens is 1. The molecule has 0 saturated heterocycles. The van der Waals surface area contributed by atoms with Gasteiger partial charge in [0.15, 0.2) is 0 Å². The second-order valence-electron chi connectivity index (χ2n) is 3.86. The van der Waals surface area contributed by atoms with Crippen LogP contribution in [0.4, 0.5) is 4.39 Å². The number of rotatable bonds is 4. The fourth-order valence-corrected chi connectivity index (χ4v) is 2.14. The van der Waals surface area contributed by atoms with E-state index < -0.39 is 0 Å². The second-order valence-corrected chi connectivity index (χ2v) is 4.70. The van der Waals surface area contributed by atoms with E-state index in [1.165, 1.54) is 6.07 Å². The third kappa shape index (κ3) is 3.25. The summed E-state index contributed by atoms with van der Waals surface area (Å²) in [6.45, 7) is 3.00. The van der Waals surface area contributed by atoms with Crippen LogP contribution in [0.15, 0.2) is 28.4 Å². The van der Waals surface area contributed by atoms with Gasteiger partial charge in [-0.25, -0.2) is 4.39 Å². The van der Waals surface area contributed by atoms with E-state index in [1.54, 1.807) is 18.4 Å². The van der Waals surface area contributed by atoms with E-state index in [1.807, 2.05) is 6.07 Å². The summed E-state index contributed by atoms with van der Waals surface area (Å²) in [5.74, 6) is -0.184. The summed E-state index contributed by atoms with van der Waals surface area (Å²) in [4.78, 5) is 13.6. The van der Waals surface area contributed by atoms with E-state index in [0.717, 1.165) is 22.6 Å². The van der Waals surface area contributed by atoms with Crippen molar-refractivity contribution in [3.63, 3.8) is 0 Å². The van der Waals surface area contributed by atoms with Gasteiger partial charge in [-0.1, -0.05) is 23.5 Å². The van der Waals surface area contributed by atoms with Crippen LogP contribution in [-0.4, -0.2) is 4.98 Å². The Morgan fingerprint density at radius 1 is 1.41 bits per heavy atom. The minimum atomic E-state index is -0.184. The van der Waals surface area contributed by atoms with Crippen molar-refractivity contribution in [3.05, 3.63) is 55.9 Å². The van der Waals surface area contributed by atoms with Gasteiger partial charge in [-0.05, 0) is 24.1 Å². The van der Waals surface area contributed by atoms with Crippen LogP contribution in [0.2, 0.25) is 0 Å². The molecule has 3 nitrogen and oxygen atoms in total. The molecule has 17 heavy (non-hydrogen) atoms. The second kappa shape index (κ2) is 5.25. The molecule has 0 aliphatic carbocycles. The van der Waals surface area contributed by atoms with Gasteiger partial charge < -0.3 is 10.3 Å². The van der Waals surface area contributed by atoms with Crippen molar-refractivity contribution in [2.75, 3.05) is 0 Å². The van der Waals surface area contributed by atoms with Crippen LogP contribution < -0.4 is 10.2 Å². The Kier molecular flexibility index (Phi) is 3.71. The Balaban J connectivity index is 1.89. The summed E-state index contributed by atoms with van der Waals surface area (Å²) in [7, 11) is 0. The maximum atomic E-state index is 13.0. The topological polar surface area (TPSA) is 44.9 Å². The molecule has 0 fully saturated rings. The first-order valence-electron chi connectivity index (χ1n) is 5.27. The van der Waals surface area contributed by atoms with E-state index in [2.05, 4.69) is 10.3 Å². The number of H-pyrrole nitrogens is 1. The number of aromatic amines is 1. The molecule has 0 bridgehead atoms. The minimum absolute atomic E-state index is 0.0422. The molecule has 0 aliphatic rings. The summed E-state index contributed by atoms with van der Waals surface area (Å²) < 4.78 is 13.0. The number of hydrogen-bond donors (Lipinski definition) is 2. The fraction of sp³-hybridized carbons (Fsp3) is 0.250. The Hall–Kier alpha value is -1.46. The zero-order valence-corrected chi connectivity index (χ0v) is 10.2. The number of aromatic nitrogens is 1. The third-order valence-electron chi connectivity index (χ3n) is 2.44. The van der Waals surface area contributed by atoms with E-state index in [9.17, 15) is 9.18 Å². The molecule has 1 aromatic heterocycles. The number of benzene rings is 1. The van der Waals surface area contributed by atoms with E-state index >= 15 is 0 Å². The van der Waals surface area contributed by atoms with Crippen LogP contribution in [0.1, 0.15) is 16.8 Å². The highest BCUT2D eigenvalue weighted by Crippen LogP contribution is 2.09. The monoisotopic (exact) mass is 252 g/mol. The lowest BCUT2D eigenvalue weighted by atomic mass is 10.1. The van der Waals surface area contributed by atoms with Gasteiger partial charge in [-0.15, -0.1) is 0 Å². The van der Waals surface area contributed by atoms with Crippen LogP contribution in [-0.2, 0) is 13.1 Å². The average Bonchev–Trinajstić information content (AvgIpc) is 2.70. The molecule has 0 atom stereocenters. The highest BCUT2D eigenvalue weighted by Gasteiger charge is 2.00. The summed E-state index contributed by atoms with van der Waals surface area (Å²) in [5.41, 5.74) is 2.55. The molecule has 0 aliphatic heterocycles. The van der Waals surface area contributed by atoms with Gasteiger partial charge in [0, 0.05) is 24.2 Å². The Morgan fingerprint density at radius 3 is 2.88 bits per heavy atom. The van der Waals surface area contributed by atoms with Gasteiger partial charge in [-0.2, -0.15) is 0 Å². The SMILES string of the molecule is Cc1cc(CNCc2csc(=O)[nH]2)ccc1F. The molecule has 2 N–H and O–H groups in total. The molecule has 0 saturated carbocycles. The standard InChI is InChI=1S/C12H13FN2OS/c1-8-4-9(2-3-11(8)13)5-14-6-10-7-17-12(16)15-10/h2-4,7,14H,5-6H2,1H3,(H,15,16). The van der Waals surface area contributed by atoms with Crippen LogP contribution >= 0.6 is 11.3 Å². The normalized spacial score (nSPS) is 10.7. The summed E-state index contributed by atoms with van der Waals surface area (Å²) in [6, 6.07) is 5.04. The predicted molar refractivity (Wildman–Crippen MR) is 66.6 cm³/mol. The zero-order valence-electron chi connectivity index (χ0n) is 9.42. The predicted octanol–water partition coefficient (Wildman–Crippen LogP) is 2.17. The van der Waals surface area contributed by atoms with E-state index in [-0.39, 0.29) is 10.7 Å². The van der Waals surface area contributed by atoms with Gasteiger partial charge in [0.05, 0.1) is 0 Å². The molecular weight excluding hydrogens is 239 g/mol. The molecule has 5 heteroatoms. The molecule has 90 valence electrons. The van der Waals surface area contributed by atoms with Gasteiger partial charge in [0.2, 0.25) is 0 Å². The fourth-order valence-electron chi connectivity index (χ4n) is 1.56. The quantitative estimate of drug-likeness (QED) is 0.876. The number of aryl methyl sites for hydroxylation is 1. The number of hydrogen-bond acceptors (Lipinski definition) is 3. The maximum Gasteiger partial charge on any atom is 0.304 e. The summed E-state index contributed by atoms with van der Waals surface area (Å²) in [6.07, 6.45) is 0. The van der Waals surface area contributed by atoms with Gasteiger partial charge in [0.1, 0.15) is 5.82 Å². The average molecular weight is 252 g/mol. The van der Waals surface area contributed by atoms with Gasteiger partial charge in [-0.3, -0.25) is 4.79 Å². The van der Waals surface area contributed by atoms with E-state index in [0.29, 0.717) is 18.7 Å². The van der Waals surface area contributed by atoms with Crippen molar-refractivity contribution >= 4 is 11.3 Å². The molecular formula is C12H13FN2OS. The lowest BCUT2D eigenvalue weighted by molar-refractivity contribution is 0.615. The Labute approximate surface area is 102 Å². The van der Waals surface area contributed by atoms with Crippen molar-refractivity contribution < 1.29 is 4.39 Å². The van der Waals surface area contributed by atoms with Crippen molar-refractivity contribution in [2.24, 2.45) is 0 Å². The first-order chi connectivity index (χ1) is 8.15. The highest BCUT2D eigenvalue weighted by atomic mass is 32.1. The van der Waals surface area contributed by atoms with Crippen molar-refractivity contribution in [3.8, 4) is 0 Å². The van der Waals surface area contributed by atoms with Crippen molar-refractivity contribution in [2.45, 2.75) is 20.0 Å². The lowest BCUT2D eigenvalue weighted by Crippen LogP contribution is -2.13. The smallest absolute Gasteiger partial charge is 0.304 e. The van der Waals surface area contributed by atoms with Crippen LogP contribution in [0, 0.1) is 12.7 Å². The van der Waals surface area contributed by atoms with Crippen molar-refractivity contribution in [1.82, 2.24) is 10.3 Å². The first-order valence-corrected chi connectivity index (χ1v) is 6.15. The van der Waals surface area contributed by atoms with Gasteiger partial charge >= 0.3 is 4.87 Å². The Bertz CT molecular complexity index is 562. The molecule has 0 radical (unpaired) electrons. The molecule has 1 heterocycles. The molecule has 2 rings (SSSR count). The Morgan fingerprint density at radius 2 is 2.24 bits per heavy atom. The number of thiazole rings is 1. The molecule has 0 unspecified atom stereocenters. The molecule has 0 spiro atoms. The minimum Gasteiger partial charge on any atom is -0.315 e. The summed E-state index contributed by atoms with van der Waals surface area (Å²) >= 11 is 1.15. The van der Waals surface area contributed by atoms with E-state index in [4.69, 9.17) is 0 Å². The molecule has 0 amide bonds. The summed E-state index contributed by atoms with van der Waals surface area (Å²) in [5, 5.41) is 4.99. The molecule has 1 aromatic carbocycles.